The van der Waals surface area contributed by atoms with Gasteiger partial charge in [0.2, 0.25) is 21.7 Å². The number of aryl methyl sites for hydroxylation is 1. The molecule has 1 aromatic carbocycles. The predicted molar refractivity (Wildman–Crippen MR) is 106 cm³/mol. The molecule has 1 saturated carbocycles. The van der Waals surface area contributed by atoms with Crippen LogP contribution in [-0.4, -0.2) is 42.2 Å². The Hall–Kier alpha value is -3.11. The van der Waals surface area contributed by atoms with Crippen LogP contribution in [0.3, 0.4) is 0 Å². The Morgan fingerprint density at radius 2 is 2.00 bits per heavy atom. The Labute approximate surface area is 173 Å². The van der Waals surface area contributed by atoms with Crippen LogP contribution in [0.25, 0.3) is 11.4 Å². The molecule has 1 aliphatic carbocycles. The average molecular weight is 428 g/mol. The van der Waals surface area contributed by atoms with Gasteiger partial charge in [0.15, 0.2) is 0 Å². The molecule has 0 saturated heterocycles. The molecule has 3 aromatic rings. The third-order valence-corrected chi connectivity index (χ3v) is 5.99. The molecule has 2 heterocycles. The predicted octanol–water partition coefficient (Wildman–Crippen LogP) is 2.36. The lowest BCUT2D eigenvalue weighted by Gasteiger charge is -2.07. The average Bonchev–Trinajstić information content (AvgIpc) is 3.44. The van der Waals surface area contributed by atoms with Gasteiger partial charge in [-0.3, -0.25) is 4.98 Å². The standard InChI is InChI=1S/C20H20N4O5S/c25-20(14-5-9-17(10-6-14)30(26,27)24-16-7-8-16)28-12-2-4-18-22-19(23-29-18)15-3-1-11-21-13-15/h1,3,5-6,9-11,13,16,24H,2,4,7-8,12H2. The van der Waals surface area contributed by atoms with Gasteiger partial charge in [0, 0.05) is 30.4 Å². The Kier molecular flexibility index (Phi) is 5.86. The van der Waals surface area contributed by atoms with E-state index in [1.807, 2.05) is 6.07 Å². The highest BCUT2D eigenvalue weighted by atomic mass is 32.2. The summed E-state index contributed by atoms with van der Waals surface area (Å²) < 4.78 is 37.3. The van der Waals surface area contributed by atoms with Gasteiger partial charge in [0.1, 0.15) is 0 Å². The van der Waals surface area contributed by atoms with Crippen LogP contribution in [0.15, 0.2) is 58.2 Å². The summed E-state index contributed by atoms with van der Waals surface area (Å²) in [4.78, 5) is 20.6. The molecule has 0 atom stereocenters. The van der Waals surface area contributed by atoms with Crippen molar-refractivity contribution in [1.29, 1.82) is 0 Å². The quantitative estimate of drug-likeness (QED) is 0.407. The molecule has 0 amide bonds. The van der Waals surface area contributed by atoms with E-state index in [1.165, 1.54) is 24.3 Å². The molecule has 0 spiro atoms. The summed E-state index contributed by atoms with van der Waals surface area (Å²) in [7, 11) is -3.54. The van der Waals surface area contributed by atoms with Crippen LogP contribution < -0.4 is 4.72 Å². The summed E-state index contributed by atoms with van der Waals surface area (Å²) in [5.41, 5.74) is 1.05. The number of esters is 1. The number of benzene rings is 1. The van der Waals surface area contributed by atoms with Crippen molar-refractivity contribution in [3.63, 3.8) is 0 Å². The molecule has 1 N–H and O–H groups in total. The van der Waals surface area contributed by atoms with Crippen molar-refractivity contribution in [3.05, 3.63) is 60.2 Å². The molecule has 1 fully saturated rings. The van der Waals surface area contributed by atoms with E-state index in [-0.39, 0.29) is 23.1 Å². The largest absolute Gasteiger partial charge is 0.462 e. The van der Waals surface area contributed by atoms with Crippen LogP contribution in [0, 0.1) is 0 Å². The maximum absolute atomic E-state index is 12.2. The van der Waals surface area contributed by atoms with Gasteiger partial charge >= 0.3 is 5.97 Å². The highest BCUT2D eigenvalue weighted by Gasteiger charge is 2.28. The number of hydrogen-bond acceptors (Lipinski definition) is 8. The van der Waals surface area contributed by atoms with Gasteiger partial charge in [-0.05, 0) is 55.7 Å². The van der Waals surface area contributed by atoms with Gasteiger partial charge in [-0.15, -0.1) is 0 Å². The smallest absolute Gasteiger partial charge is 0.338 e. The van der Waals surface area contributed by atoms with Gasteiger partial charge < -0.3 is 9.26 Å². The molecule has 0 bridgehead atoms. The maximum Gasteiger partial charge on any atom is 0.338 e. The molecule has 10 heteroatoms. The van der Waals surface area contributed by atoms with Gasteiger partial charge in [0.05, 0.1) is 17.1 Å². The molecular weight excluding hydrogens is 408 g/mol. The number of ether oxygens (including phenoxy) is 1. The second-order valence-electron chi connectivity index (χ2n) is 6.91. The lowest BCUT2D eigenvalue weighted by Crippen LogP contribution is -2.25. The molecule has 30 heavy (non-hydrogen) atoms. The van der Waals surface area contributed by atoms with Crippen LogP contribution in [-0.2, 0) is 21.2 Å². The van der Waals surface area contributed by atoms with Gasteiger partial charge in [0.25, 0.3) is 0 Å². The van der Waals surface area contributed by atoms with Crippen LogP contribution in [0.4, 0.5) is 0 Å². The first kappa shape index (κ1) is 20.2. The summed E-state index contributed by atoms with van der Waals surface area (Å²) in [5.74, 6) is 0.389. The summed E-state index contributed by atoms with van der Waals surface area (Å²) in [6.07, 6.45) is 6.00. The van der Waals surface area contributed by atoms with Crippen molar-refractivity contribution >= 4 is 16.0 Å². The van der Waals surface area contributed by atoms with Crippen molar-refractivity contribution in [3.8, 4) is 11.4 Å². The monoisotopic (exact) mass is 428 g/mol. The van der Waals surface area contributed by atoms with Crippen molar-refractivity contribution in [2.45, 2.75) is 36.6 Å². The molecule has 156 valence electrons. The number of hydrogen-bond donors (Lipinski definition) is 1. The summed E-state index contributed by atoms with van der Waals surface area (Å²) in [6, 6.07) is 9.35. The molecule has 1 aliphatic rings. The van der Waals surface area contributed by atoms with E-state index >= 15 is 0 Å². The topological polar surface area (TPSA) is 124 Å². The number of rotatable bonds is 9. The minimum Gasteiger partial charge on any atom is -0.462 e. The van der Waals surface area contributed by atoms with Crippen LogP contribution in [0.2, 0.25) is 0 Å². The molecule has 2 aromatic heterocycles. The van der Waals surface area contributed by atoms with E-state index in [0.29, 0.717) is 24.6 Å². The third-order valence-electron chi connectivity index (χ3n) is 4.46. The molecule has 0 aliphatic heterocycles. The number of aromatic nitrogens is 3. The Morgan fingerprint density at radius 1 is 1.20 bits per heavy atom. The van der Waals surface area contributed by atoms with E-state index < -0.39 is 16.0 Å². The molecule has 0 unspecified atom stereocenters. The number of carbonyl (C=O) groups is 1. The number of sulfonamides is 1. The zero-order chi connectivity index (χ0) is 21.0. The highest BCUT2D eigenvalue weighted by Crippen LogP contribution is 2.22. The molecular formula is C20H20N4O5S. The fraction of sp³-hybridized carbons (Fsp3) is 0.300. The summed E-state index contributed by atoms with van der Waals surface area (Å²) in [5, 5.41) is 3.91. The van der Waals surface area contributed by atoms with E-state index in [4.69, 9.17) is 9.26 Å². The van der Waals surface area contributed by atoms with Crippen LogP contribution in [0.1, 0.15) is 35.5 Å². The lowest BCUT2D eigenvalue weighted by atomic mass is 10.2. The zero-order valence-electron chi connectivity index (χ0n) is 16.0. The second-order valence-corrected chi connectivity index (χ2v) is 8.63. The minimum atomic E-state index is -3.54. The maximum atomic E-state index is 12.2. The number of carbonyl (C=O) groups excluding carboxylic acids is 1. The first-order valence-electron chi connectivity index (χ1n) is 9.54. The van der Waals surface area contributed by atoms with Crippen LogP contribution in [0.5, 0.6) is 0 Å². The Morgan fingerprint density at radius 3 is 2.70 bits per heavy atom. The lowest BCUT2D eigenvalue weighted by molar-refractivity contribution is 0.0498. The molecule has 4 rings (SSSR count). The summed E-state index contributed by atoms with van der Waals surface area (Å²) >= 11 is 0. The third kappa shape index (κ3) is 5.08. The van der Waals surface area contributed by atoms with Crippen molar-refractivity contribution in [1.82, 2.24) is 19.8 Å². The van der Waals surface area contributed by atoms with Crippen molar-refractivity contribution in [2.24, 2.45) is 0 Å². The van der Waals surface area contributed by atoms with Crippen LogP contribution >= 0.6 is 0 Å². The van der Waals surface area contributed by atoms with Gasteiger partial charge in [-0.1, -0.05) is 5.16 Å². The second kappa shape index (κ2) is 8.72. The number of pyridine rings is 1. The fourth-order valence-corrected chi connectivity index (χ4v) is 4.00. The van der Waals surface area contributed by atoms with Crippen molar-refractivity contribution in [2.75, 3.05) is 6.61 Å². The zero-order valence-corrected chi connectivity index (χ0v) is 16.8. The first-order valence-corrected chi connectivity index (χ1v) is 11.0. The van der Waals surface area contributed by atoms with Gasteiger partial charge in [-0.25, -0.2) is 17.9 Å². The minimum absolute atomic E-state index is 0.0268. The Bertz CT molecular complexity index is 1110. The van der Waals surface area contributed by atoms with E-state index in [9.17, 15) is 13.2 Å². The van der Waals surface area contributed by atoms with E-state index in [0.717, 1.165) is 18.4 Å². The molecule has 0 radical (unpaired) electrons. The fourth-order valence-electron chi connectivity index (χ4n) is 2.70. The first-order chi connectivity index (χ1) is 14.5. The summed E-state index contributed by atoms with van der Waals surface area (Å²) in [6.45, 7) is 0.173. The van der Waals surface area contributed by atoms with E-state index in [2.05, 4.69) is 19.8 Å². The van der Waals surface area contributed by atoms with Gasteiger partial charge in [-0.2, -0.15) is 4.98 Å². The Balaban J connectivity index is 1.24. The van der Waals surface area contributed by atoms with Crippen molar-refractivity contribution < 1.29 is 22.5 Å². The molecule has 9 nitrogen and oxygen atoms in total. The van der Waals surface area contributed by atoms with E-state index in [1.54, 1.807) is 18.5 Å². The normalized spacial score (nSPS) is 13.9. The SMILES string of the molecule is O=C(OCCCc1nc(-c2cccnc2)no1)c1ccc(S(=O)(=O)NC2CC2)cc1. The highest BCUT2D eigenvalue weighted by molar-refractivity contribution is 7.89. The number of nitrogens with zero attached hydrogens (tertiary/aromatic N) is 3. The number of nitrogens with one attached hydrogen (secondary N) is 1.